The van der Waals surface area contributed by atoms with Crippen molar-refractivity contribution in [2.45, 2.75) is 35.3 Å². The van der Waals surface area contributed by atoms with Crippen LogP contribution < -0.4 is 19.7 Å². The fraction of sp³-hybridized carbons (Fsp3) is 0.357. The molecule has 2 N–H and O–H groups in total. The minimum Gasteiger partial charge on any atom is -0.496 e. The highest BCUT2D eigenvalue weighted by molar-refractivity contribution is 7.94. The minimum absolute atomic E-state index is 0.250. The normalized spacial score (nSPS) is 16.7. The van der Waals surface area contributed by atoms with Crippen LogP contribution in [0.3, 0.4) is 0 Å². The molecule has 0 radical (unpaired) electrons. The maximum atomic E-state index is 13.2. The Morgan fingerprint density at radius 1 is 1.08 bits per heavy atom. The van der Waals surface area contributed by atoms with Crippen LogP contribution in [0.2, 0.25) is 0 Å². The third-order valence-electron chi connectivity index (χ3n) is 7.38. The van der Waals surface area contributed by atoms with Gasteiger partial charge < -0.3 is 20.1 Å². The number of nitrogens with zero attached hydrogens (tertiary/aromatic N) is 1. The molecule has 0 saturated carbocycles. The molecule has 0 spiro atoms. The predicted molar refractivity (Wildman–Crippen MR) is 150 cm³/mol. The van der Waals surface area contributed by atoms with Crippen molar-refractivity contribution in [2.75, 3.05) is 43.0 Å². The lowest BCUT2D eigenvalue weighted by Gasteiger charge is -2.38. The van der Waals surface area contributed by atoms with Gasteiger partial charge in [-0.2, -0.15) is 0 Å². The molecule has 0 aliphatic carbocycles. The summed E-state index contributed by atoms with van der Waals surface area (Å²) in [5.41, 5.74) is 2.29. The Hall–Kier alpha value is -3.41. The number of benzene rings is 2. The maximum absolute atomic E-state index is 13.2. The van der Waals surface area contributed by atoms with Gasteiger partial charge in [-0.15, -0.1) is 11.3 Å². The first-order valence-electron chi connectivity index (χ1n) is 12.8. The van der Waals surface area contributed by atoms with Gasteiger partial charge in [0.05, 0.1) is 12.8 Å². The number of thiophene rings is 1. The fourth-order valence-corrected chi connectivity index (χ4v) is 7.93. The van der Waals surface area contributed by atoms with Crippen molar-refractivity contribution in [3.63, 3.8) is 0 Å². The van der Waals surface area contributed by atoms with E-state index in [0.29, 0.717) is 50.4 Å². The topological polar surface area (TPSA) is 114 Å². The molecule has 9 nitrogen and oxygen atoms in total. The third kappa shape index (κ3) is 5.52. The second-order valence-electron chi connectivity index (χ2n) is 9.69. The Bertz CT molecular complexity index is 1450. The summed E-state index contributed by atoms with van der Waals surface area (Å²) < 4.78 is 39.3. The number of amides is 2. The molecular weight excluding hydrogens is 538 g/mol. The number of nitrogens with one attached hydrogen (secondary N) is 2. The summed E-state index contributed by atoms with van der Waals surface area (Å²) in [6.07, 6.45) is 2.78. The van der Waals surface area contributed by atoms with Gasteiger partial charge >= 0.3 is 11.8 Å². The number of ether oxygens (including phenoxy) is 2. The first-order chi connectivity index (χ1) is 18.8. The highest BCUT2D eigenvalue weighted by Gasteiger charge is 2.37. The van der Waals surface area contributed by atoms with Crippen LogP contribution >= 0.6 is 11.3 Å². The zero-order valence-electron chi connectivity index (χ0n) is 21.6. The highest BCUT2D eigenvalue weighted by Crippen LogP contribution is 2.39. The van der Waals surface area contributed by atoms with E-state index in [2.05, 4.69) is 10.6 Å². The molecule has 2 aromatic carbocycles. The molecule has 39 heavy (non-hydrogen) atoms. The first kappa shape index (κ1) is 27.2. The van der Waals surface area contributed by atoms with Gasteiger partial charge in [0.2, 0.25) is 0 Å². The van der Waals surface area contributed by atoms with E-state index in [1.807, 2.05) is 24.3 Å². The number of hydrogen-bond acceptors (Lipinski definition) is 7. The van der Waals surface area contributed by atoms with Gasteiger partial charge in [-0.05, 0) is 60.9 Å². The van der Waals surface area contributed by atoms with Crippen molar-refractivity contribution in [1.82, 2.24) is 5.32 Å². The quantitative estimate of drug-likeness (QED) is 0.420. The number of anilines is 2. The van der Waals surface area contributed by atoms with Crippen LogP contribution in [-0.4, -0.2) is 53.6 Å². The van der Waals surface area contributed by atoms with Crippen molar-refractivity contribution < 1.29 is 27.5 Å². The van der Waals surface area contributed by atoms with Crippen molar-refractivity contribution in [1.29, 1.82) is 0 Å². The first-order valence-corrected chi connectivity index (χ1v) is 15.2. The number of sulfonamides is 1. The number of rotatable bonds is 7. The lowest BCUT2D eigenvalue weighted by Crippen LogP contribution is -2.47. The lowest BCUT2D eigenvalue weighted by molar-refractivity contribution is -0.136. The van der Waals surface area contributed by atoms with Crippen LogP contribution in [0.1, 0.15) is 30.4 Å². The van der Waals surface area contributed by atoms with Crippen LogP contribution in [0, 0.1) is 0 Å². The van der Waals surface area contributed by atoms with E-state index >= 15 is 0 Å². The number of carbonyl (C=O) groups excluding carboxylic acids is 2. The molecular formula is C28H31N3O6S2. The summed E-state index contributed by atoms with van der Waals surface area (Å²) >= 11 is 1.17. The molecule has 11 heteroatoms. The number of aryl methyl sites for hydroxylation is 1. The summed E-state index contributed by atoms with van der Waals surface area (Å²) in [5, 5.41) is 7.18. The van der Waals surface area contributed by atoms with Crippen LogP contribution in [-0.2, 0) is 36.2 Å². The molecule has 1 fully saturated rings. The number of methoxy groups -OCH3 is 1. The summed E-state index contributed by atoms with van der Waals surface area (Å²) in [5.74, 6) is -0.855. The van der Waals surface area contributed by atoms with Crippen LogP contribution in [0.25, 0.3) is 0 Å². The Kier molecular flexibility index (Phi) is 7.92. The van der Waals surface area contributed by atoms with Crippen LogP contribution in [0.4, 0.5) is 11.4 Å². The predicted octanol–water partition coefficient (Wildman–Crippen LogP) is 3.70. The Morgan fingerprint density at radius 3 is 2.62 bits per heavy atom. The Balaban J connectivity index is 1.31. The molecule has 2 amide bonds. The van der Waals surface area contributed by atoms with E-state index < -0.39 is 27.3 Å². The second kappa shape index (κ2) is 11.4. The monoisotopic (exact) mass is 569 g/mol. The van der Waals surface area contributed by atoms with Crippen LogP contribution in [0.15, 0.2) is 64.2 Å². The van der Waals surface area contributed by atoms with Gasteiger partial charge in [0, 0.05) is 43.0 Å². The second-order valence-corrected chi connectivity index (χ2v) is 12.7. The molecule has 1 aromatic heterocycles. The fourth-order valence-electron chi connectivity index (χ4n) is 5.29. The number of hydrogen-bond donors (Lipinski definition) is 2. The zero-order valence-corrected chi connectivity index (χ0v) is 23.3. The molecule has 0 bridgehead atoms. The summed E-state index contributed by atoms with van der Waals surface area (Å²) in [6, 6.07) is 16.1. The molecule has 2 aliphatic heterocycles. The summed E-state index contributed by atoms with van der Waals surface area (Å²) in [7, 11) is -2.10. The van der Waals surface area contributed by atoms with Gasteiger partial charge in [0.15, 0.2) is 0 Å². The summed E-state index contributed by atoms with van der Waals surface area (Å²) in [6.45, 7) is 1.68. The molecule has 1 saturated heterocycles. The molecule has 3 aromatic rings. The molecule has 2 aliphatic rings. The van der Waals surface area contributed by atoms with Crippen molar-refractivity contribution >= 4 is 44.5 Å². The van der Waals surface area contributed by atoms with Crippen molar-refractivity contribution in [3.8, 4) is 5.75 Å². The van der Waals surface area contributed by atoms with E-state index in [4.69, 9.17) is 9.47 Å². The minimum atomic E-state index is -3.71. The summed E-state index contributed by atoms with van der Waals surface area (Å²) in [4.78, 5) is 25.8. The maximum Gasteiger partial charge on any atom is 0.313 e. The van der Waals surface area contributed by atoms with E-state index in [1.54, 1.807) is 42.8 Å². The molecule has 0 unspecified atom stereocenters. The van der Waals surface area contributed by atoms with Gasteiger partial charge in [-0.25, -0.2) is 8.42 Å². The molecule has 0 atom stereocenters. The van der Waals surface area contributed by atoms with E-state index in [0.717, 1.165) is 23.3 Å². The Morgan fingerprint density at radius 2 is 1.87 bits per heavy atom. The smallest absolute Gasteiger partial charge is 0.313 e. The Labute approximate surface area is 232 Å². The van der Waals surface area contributed by atoms with Crippen LogP contribution in [0.5, 0.6) is 5.75 Å². The third-order valence-corrected chi connectivity index (χ3v) is 10.6. The van der Waals surface area contributed by atoms with Crippen molar-refractivity contribution in [3.05, 3.63) is 71.1 Å². The lowest BCUT2D eigenvalue weighted by atomic mass is 9.73. The van der Waals surface area contributed by atoms with Gasteiger partial charge in [-0.1, -0.05) is 30.3 Å². The molecule has 5 rings (SSSR count). The van der Waals surface area contributed by atoms with Gasteiger partial charge in [-0.3, -0.25) is 13.9 Å². The largest absolute Gasteiger partial charge is 0.496 e. The average molecular weight is 570 g/mol. The van der Waals surface area contributed by atoms with Crippen molar-refractivity contribution in [2.24, 2.45) is 0 Å². The number of fused-ring (bicyclic) bond motifs is 1. The number of para-hydroxylation sites is 1. The van der Waals surface area contributed by atoms with E-state index in [9.17, 15) is 18.0 Å². The zero-order chi connectivity index (χ0) is 27.5. The SMILES string of the molecule is COc1ccccc1C1(CNC(=O)C(=O)Nc2ccc3c(c2)N(S(=O)(=O)c2cccs2)CCC3)CCOCC1. The van der Waals surface area contributed by atoms with E-state index in [1.165, 1.54) is 15.6 Å². The molecule has 206 valence electrons. The number of carbonyl (C=O) groups is 2. The molecule has 3 heterocycles. The average Bonchev–Trinajstić information content (AvgIpc) is 3.52. The highest BCUT2D eigenvalue weighted by atomic mass is 32.2. The standard InChI is InChI=1S/C28H31N3O6S2/c1-36-24-8-3-2-7-22(24)28(12-15-37-16-13-28)19-29-26(32)27(33)30-21-11-10-20-6-4-14-31(23(20)18-21)39(34,35)25-9-5-17-38-25/h2-3,5,7-11,17-18H,4,6,12-16,19H2,1H3,(H,29,32)(H,30,33). The van der Waals surface area contributed by atoms with Gasteiger partial charge in [0.25, 0.3) is 10.0 Å². The van der Waals surface area contributed by atoms with E-state index in [-0.39, 0.29) is 10.8 Å². The van der Waals surface area contributed by atoms with Gasteiger partial charge in [0.1, 0.15) is 9.96 Å².